The molecule has 0 bridgehead atoms. The number of hydrogen-bond acceptors (Lipinski definition) is 5. The molecule has 0 aliphatic heterocycles. The van der Waals surface area contributed by atoms with Crippen LogP contribution in [0.5, 0.6) is 0 Å². The highest BCUT2D eigenvalue weighted by molar-refractivity contribution is 8.93. The van der Waals surface area contributed by atoms with Gasteiger partial charge in [0, 0.05) is 24.5 Å². The van der Waals surface area contributed by atoms with Gasteiger partial charge >= 0.3 is 7.75 Å². The van der Waals surface area contributed by atoms with Crippen molar-refractivity contribution in [3.63, 3.8) is 0 Å². The second kappa shape index (κ2) is 8.49. The van der Waals surface area contributed by atoms with Gasteiger partial charge in [-0.2, -0.15) is 0 Å². The van der Waals surface area contributed by atoms with Crippen LogP contribution in [0.25, 0.3) is 10.9 Å². The molecule has 0 radical (unpaired) electrons. The van der Waals surface area contributed by atoms with Crippen molar-refractivity contribution in [3.05, 3.63) is 39.6 Å². The fourth-order valence-corrected chi connectivity index (χ4v) is 4.54. The van der Waals surface area contributed by atoms with Crippen LogP contribution in [0.3, 0.4) is 0 Å². The molecule has 0 atom stereocenters. The minimum atomic E-state index is -4.93. The van der Waals surface area contributed by atoms with Gasteiger partial charge in [-0.15, -0.1) is 17.0 Å². The molecule has 146 valence electrons. The number of nitrogens with zero attached hydrogens (tertiary/aromatic N) is 2. The van der Waals surface area contributed by atoms with Gasteiger partial charge in [-0.05, 0) is 32.3 Å². The van der Waals surface area contributed by atoms with Crippen LogP contribution >= 0.6 is 36.3 Å². The minimum Gasteiger partial charge on any atom is -0.308 e. The first-order valence-electron chi connectivity index (χ1n) is 6.99. The summed E-state index contributed by atoms with van der Waals surface area (Å²) in [5.74, 6) is 0. The normalized spacial score (nSPS) is 12.4. The van der Waals surface area contributed by atoms with Gasteiger partial charge in [0.15, 0.2) is 0 Å². The van der Waals surface area contributed by atoms with E-state index < -0.39 is 23.3 Å². The molecule has 0 saturated heterocycles. The van der Waals surface area contributed by atoms with Crippen LogP contribution in [0.15, 0.2) is 34.0 Å². The summed E-state index contributed by atoms with van der Waals surface area (Å²) in [4.78, 5) is 32.0. The number of likely N-dealkylation sites (N-methyl/N-ethyl adjacent to an activating group) is 1. The van der Waals surface area contributed by atoms with E-state index in [1.54, 1.807) is 19.0 Å². The molecule has 3 N–H and O–H groups in total. The topological polar surface area (TPSA) is 129 Å². The van der Waals surface area contributed by atoms with Crippen molar-refractivity contribution >= 4 is 57.3 Å². The van der Waals surface area contributed by atoms with Gasteiger partial charge in [0.25, 0.3) is 5.56 Å². The van der Waals surface area contributed by atoms with Gasteiger partial charge in [0.05, 0.1) is 10.5 Å². The lowest BCUT2D eigenvalue weighted by Crippen LogP contribution is -2.31. The Bertz CT molecular complexity index is 1020. The van der Waals surface area contributed by atoms with Gasteiger partial charge in [-0.25, -0.2) is 22.0 Å². The summed E-state index contributed by atoms with van der Waals surface area (Å²) in [6, 6.07) is 4.45. The number of nitrogens with one attached hydrogen (secondary N) is 1. The molecule has 13 heteroatoms. The Kier molecular flexibility index (Phi) is 7.59. The lowest BCUT2D eigenvalue weighted by molar-refractivity contribution is 0.361. The third-order valence-electron chi connectivity index (χ3n) is 3.32. The van der Waals surface area contributed by atoms with Crippen molar-refractivity contribution in [2.75, 3.05) is 27.2 Å². The predicted molar refractivity (Wildman–Crippen MR) is 105 cm³/mol. The standard InChI is InChI=1S/C13H17ClN3O6PS.BrH/c1-16(2)6-5-15-25(22,23)12-7-9-3-4-13(18)17(24(19,20)21)11(9)8-10(12)14;/h3-4,7-8,15H,5-6H2,1-2H3,(H2,19,20,21);1H. The van der Waals surface area contributed by atoms with Crippen molar-refractivity contribution in [1.29, 1.82) is 0 Å². The predicted octanol–water partition coefficient (Wildman–Crippen LogP) is 1.01. The summed E-state index contributed by atoms with van der Waals surface area (Å²) in [6.45, 7) is 0.633. The van der Waals surface area contributed by atoms with E-state index >= 15 is 0 Å². The Labute approximate surface area is 165 Å². The van der Waals surface area contributed by atoms with Crippen LogP contribution < -0.4 is 10.3 Å². The van der Waals surface area contributed by atoms with E-state index in [2.05, 4.69) is 4.72 Å². The zero-order chi connectivity index (χ0) is 19.0. The molecular formula is C13H18BrClN3O6PS. The number of rotatable bonds is 6. The lowest BCUT2D eigenvalue weighted by Gasteiger charge is -2.14. The van der Waals surface area contributed by atoms with Gasteiger partial charge in [0.2, 0.25) is 10.0 Å². The lowest BCUT2D eigenvalue weighted by atomic mass is 10.2. The monoisotopic (exact) mass is 489 g/mol. The molecule has 9 nitrogen and oxygen atoms in total. The third-order valence-corrected chi connectivity index (χ3v) is 6.18. The number of hydrogen-bond donors (Lipinski definition) is 3. The largest absolute Gasteiger partial charge is 0.437 e. The maximum atomic E-state index is 12.4. The molecule has 0 aliphatic rings. The third kappa shape index (κ3) is 5.14. The number of aromatic nitrogens is 1. The molecule has 0 unspecified atom stereocenters. The van der Waals surface area contributed by atoms with Crippen molar-refractivity contribution < 1.29 is 22.8 Å². The first kappa shape index (κ1) is 23.3. The maximum absolute atomic E-state index is 12.4. The Balaban J connectivity index is 0.00000338. The van der Waals surface area contributed by atoms with Crippen molar-refractivity contribution in [3.8, 4) is 0 Å². The molecule has 0 spiro atoms. The average molecular weight is 491 g/mol. The van der Waals surface area contributed by atoms with Crippen LogP contribution in [0.4, 0.5) is 0 Å². The van der Waals surface area contributed by atoms with E-state index in [0.717, 1.165) is 12.1 Å². The average Bonchev–Trinajstić information content (AvgIpc) is 2.44. The van der Waals surface area contributed by atoms with E-state index in [1.165, 1.54) is 12.1 Å². The molecule has 0 aliphatic carbocycles. The van der Waals surface area contributed by atoms with Crippen molar-refractivity contribution in [2.45, 2.75) is 4.90 Å². The Morgan fingerprint density at radius 1 is 1.27 bits per heavy atom. The number of fused-ring (bicyclic) bond motifs is 1. The molecule has 26 heavy (non-hydrogen) atoms. The summed E-state index contributed by atoms with van der Waals surface area (Å²) in [5, 5.41) is -0.0991. The second-order valence-corrected chi connectivity index (χ2v) is 9.11. The summed E-state index contributed by atoms with van der Waals surface area (Å²) in [7, 11) is -5.28. The quantitative estimate of drug-likeness (QED) is 0.516. The molecular weight excluding hydrogens is 473 g/mol. The zero-order valence-corrected chi connectivity index (χ0v) is 18.0. The van der Waals surface area contributed by atoms with Gasteiger partial charge in [0.1, 0.15) is 4.90 Å². The molecule has 2 rings (SSSR count). The smallest absolute Gasteiger partial charge is 0.308 e. The zero-order valence-electron chi connectivity index (χ0n) is 13.8. The summed E-state index contributed by atoms with van der Waals surface area (Å²) in [5.41, 5.74) is -1.07. The van der Waals surface area contributed by atoms with Gasteiger partial charge in [-0.3, -0.25) is 4.79 Å². The van der Waals surface area contributed by atoms with E-state index in [0.29, 0.717) is 6.54 Å². The number of halogens is 2. The number of pyridine rings is 1. The molecule has 0 saturated carbocycles. The second-order valence-electron chi connectivity index (χ2n) is 5.54. The summed E-state index contributed by atoms with van der Waals surface area (Å²) < 4.78 is 39.0. The first-order chi connectivity index (χ1) is 11.4. The maximum Gasteiger partial charge on any atom is 0.437 e. The highest BCUT2D eigenvalue weighted by Gasteiger charge is 2.24. The Morgan fingerprint density at radius 3 is 2.42 bits per heavy atom. The Morgan fingerprint density at radius 2 is 1.88 bits per heavy atom. The van der Waals surface area contributed by atoms with Gasteiger partial charge < -0.3 is 14.7 Å². The molecule has 1 aromatic carbocycles. The summed E-state index contributed by atoms with van der Waals surface area (Å²) >= 11 is 6.01. The van der Waals surface area contributed by atoms with E-state index in [1.807, 2.05) is 0 Å². The SMILES string of the molecule is Br.CN(C)CCNS(=O)(=O)c1cc2ccc(=O)n(P(=O)(O)O)c2cc1Cl. The van der Waals surface area contributed by atoms with Crippen LogP contribution in [-0.4, -0.2) is 54.6 Å². The van der Waals surface area contributed by atoms with Crippen molar-refractivity contribution in [2.24, 2.45) is 0 Å². The molecule has 2 aromatic rings. The highest BCUT2D eigenvalue weighted by atomic mass is 79.9. The van der Waals surface area contributed by atoms with E-state index in [4.69, 9.17) is 11.6 Å². The molecule has 1 aromatic heterocycles. The van der Waals surface area contributed by atoms with Crippen molar-refractivity contribution in [1.82, 2.24) is 14.0 Å². The molecule has 1 heterocycles. The van der Waals surface area contributed by atoms with Crippen LogP contribution in [0.2, 0.25) is 5.02 Å². The summed E-state index contributed by atoms with van der Waals surface area (Å²) in [6.07, 6.45) is 0. The fraction of sp³-hybridized carbons (Fsp3) is 0.308. The number of sulfonamides is 1. The highest BCUT2D eigenvalue weighted by Crippen LogP contribution is 2.39. The molecule has 0 amide bonds. The molecule has 0 fully saturated rings. The Hall–Kier alpha value is -0.780. The van der Waals surface area contributed by atoms with Gasteiger partial charge in [-0.1, -0.05) is 11.6 Å². The van der Waals surface area contributed by atoms with E-state index in [9.17, 15) is 27.6 Å². The fourth-order valence-electron chi connectivity index (χ4n) is 2.18. The van der Waals surface area contributed by atoms with E-state index in [-0.39, 0.29) is 48.7 Å². The minimum absolute atomic E-state index is 0. The van der Waals surface area contributed by atoms with Crippen LogP contribution in [0.1, 0.15) is 0 Å². The van der Waals surface area contributed by atoms with Crippen LogP contribution in [-0.2, 0) is 14.6 Å². The van der Waals surface area contributed by atoms with Crippen LogP contribution in [0, 0.1) is 0 Å². The number of benzene rings is 1. The first-order valence-corrected chi connectivity index (χ1v) is 10.4.